The Morgan fingerprint density at radius 2 is 1.78 bits per heavy atom. The molecule has 0 rings (SSSR count). The zero-order chi connectivity index (χ0) is 18.0. The Morgan fingerprint density at radius 3 is 2.26 bits per heavy atom. The van der Waals surface area contributed by atoms with E-state index in [2.05, 4.69) is 15.6 Å². The van der Waals surface area contributed by atoms with Gasteiger partial charge in [0.15, 0.2) is 5.96 Å². The van der Waals surface area contributed by atoms with Crippen LogP contribution in [0.5, 0.6) is 0 Å². The number of guanidine groups is 1. The van der Waals surface area contributed by atoms with Crippen LogP contribution >= 0.6 is 0 Å². The van der Waals surface area contributed by atoms with Crippen LogP contribution in [0, 0.1) is 5.92 Å². The number of aliphatic carboxylic acids is 1. The summed E-state index contributed by atoms with van der Waals surface area (Å²) in [4.78, 5) is 38.3. The summed E-state index contributed by atoms with van der Waals surface area (Å²) in [6, 6.07) is -1.66. The Balaban J connectivity index is 4.71. The normalized spacial score (nSPS) is 13.0. The molecule has 0 saturated carbocycles. The molecule has 2 atom stereocenters. The molecule has 0 aliphatic carbocycles. The average Bonchev–Trinajstić information content (AvgIpc) is 2.46. The van der Waals surface area contributed by atoms with Crippen molar-refractivity contribution in [1.29, 1.82) is 0 Å². The number of carbonyl (C=O) groups excluding carboxylic acids is 2. The van der Waals surface area contributed by atoms with Crippen LogP contribution in [0.25, 0.3) is 0 Å². The van der Waals surface area contributed by atoms with Gasteiger partial charge in [-0.15, -0.1) is 0 Å². The fourth-order valence-corrected chi connectivity index (χ4v) is 1.63. The molecule has 0 aromatic heterocycles. The van der Waals surface area contributed by atoms with Crippen LogP contribution in [-0.4, -0.2) is 54.0 Å². The summed E-state index contributed by atoms with van der Waals surface area (Å²) in [5.41, 5.74) is 16.1. The number of aliphatic imine (C=N–C) groups is 1. The number of nitrogens with two attached hydrogens (primary N) is 3. The second-order valence-corrected chi connectivity index (χ2v) is 5.39. The molecule has 0 spiro atoms. The average molecular weight is 330 g/mol. The third-order valence-electron chi connectivity index (χ3n) is 3.01. The summed E-state index contributed by atoms with van der Waals surface area (Å²) >= 11 is 0. The monoisotopic (exact) mass is 330 g/mol. The van der Waals surface area contributed by atoms with Gasteiger partial charge >= 0.3 is 5.97 Å². The standard InChI is InChI=1S/C13H26N6O4/c1-7(2)10(14)12(23)19-8(4-3-5-17-13(15)16)11(22)18-6-9(20)21/h7-8,10H,3-6,14H2,1-2H3,(H,18,22)(H,19,23)(H,20,21)(H4,15,16,17)/t8-,10-/m0/s1. The van der Waals surface area contributed by atoms with Gasteiger partial charge in [-0.2, -0.15) is 0 Å². The van der Waals surface area contributed by atoms with Gasteiger partial charge in [0.25, 0.3) is 0 Å². The third kappa shape index (κ3) is 9.30. The lowest BCUT2D eigenvalue weighted by Gasteiger charge is -2.21. The Kier molecular flexibility index (Phi) is 9.31. The number of hydrogen-bond acceptors (Lipinski definition) is 5. The number of nitrogens with zero attached hydrogens (tertiary/aromatic N) is 1. The number of amides is 2. The van der Waals surface area contributed by atoms with Crippen LogP contribution in [0.15, 0.2) is 4.99 Å². The molecule has 23 heavy (non-hydrogen) atoms. The highest BCUT2D eigenvalue weighted by molar-refractivity contribution is 5.91. The lowest BCUT2D eigenvalue weighted by Crippen LogP contribution is -2.53. The predicted octanol–water partition coefficient (Wildman–Crippen LogP) is -2.29. The minimum atomic E-state index is -1.18. The molecule has 0 aromatic rings. The number of rotatable bonds is 10. The van der Waals surface area contributed by atoms with Crippen LogP contribution in [0.2, 0.25) is 0 Å². The van der Waals surface area contributed by atoms with Gasteiger partial charge in [0.05, 0.1) is 6.04 Å². The van der Waals surface area contributed by atoms with Crippen molar-refractivity contribution < 1.29 is 19.5 Å². The largest absolute Gasteiger partial charge is 0.480 e. The van der Waals surface area contributed by atoms with Gasteiger partial charge in [-0.05, 0) is 18.8 Å². The van der Waals surface area contributed by atoms with E-state index in [1.807, 2.05) is 0 Å². The van der Waals surface area contributed by atoms with Gasteiger partial charge < -0.3 is 32.9 Å². The fraction of sp³-hybridized carbons (Fsp3) is 0.692. The highest BCUT2D eigenvalue weighted by Crippen LogP contribution is 2.03. The minimum Gasteiger partial charge on any atom is -0.480 e. The van der Waals surface area contributed by atoms with Crippen LogP contribution in [-0.2, 0) is 14.4 Å². The molecular weight excluding hydrogens is 304 g/mol. The summed E-state index contributed by atoms with van der Waals surface area (Å²) in [5.74, 6) is -2.41. The van der Waals surface area contributed by atoms with E-state index < -0.39 is 36.4 Å². The minimum absolute atomic E-state index is 0.0669. The third-order valence-corrected chi connectivity index (χ3v) is 3.01. The second-order valence-electron chi connectivity index (χ2n) is 5.39. The van der Waals surface area contributed by atoms with E-state index >= 15 is 0 Å². The molecule has 10 heteroatoms. The number of carboxylic acid groups (broad SMARTS) is 1. The van der Waals surface area contributed by atoms with Crippen LogP contribution in [0.3, 0.4) is 0 Å². The summed E-state index contributed by atoms with van der Waals surface area (Å²) in [6.07, 6.45) is 0.680. The van der Waals surface area contributed by atoms with Crippen molar-refractivity contribution in [1.82, 2.24) is 10.6 Å². The van der Waals surface area contributed by atoms with Crippen LogP contribution in [0.4, 0.5) is 0 Å². The first-order valence-corrected chi connectivity index (χ1v) is 7.26. The predicted molar refractivity (Wildman–Crippen MR) is 85.3 cm³/mol. The Morgan fingerprint density at radius 1 is 1.17 bits per heavy atom. The first-order chi connectivity index (χ1) is 10.6. The van der Waals surface area contributed by atoms with Gasteiger partial charge in [-0.25, -0.2) is 0 Å². The molecule has 0 heterocycles. The molecule has 9 N–H and O–H groups in total. The van der Waals surface area contributed by atoms with Crippen molar-refractivity contribution in [2.75, 3.05) is 13.1 Å². The molecule has 0 aromatic carbocycles. The Hall–Kier alpha value is -2.36. The summed E-state index contributed by atoms with van der Waals surface area (Å²) in [7, 11) is 0. The van der Waals surface area contributed by atoms with Crippen LogP contribution in [0.1, 0.15) is 26.7 Å². The van der Waals surface area contributed by atoms with E-state index in [0.29, 0.717) is 6.42 Å². The van der Waals surface area contributed by atoms with Crippen molar-refractivity contribution in [3.63, 3.8) is 0 Å². The Bertz CT molecular complexity index is 448. The highest BCUT2D eigenvalue weighted by Gasteiger charge is 2.25. The van der Waals surface area contributed by atoms with E-state index in [1.54, 1.807) is 13.8 Å². The van der Waals surface area contributed by atoms with Gasteiger partial charge in [0, 0.05) is 6.54 Å². The van der Waals surface area contributed by atoms with E-state index in [0.717, 1.165) is 0 Å². The molecule has 0 fully saturated rings. The molecule has 0 aliphatic rings. The molecule has 0 unspecified atom stereocenters. The molecule has 0 aliphatic heterocycles. The van der Waals surface area contributed by atoms with E-state index in [9.17, 15) is 14.4 Å². The van der Waals surface area contributed by atoms with Gasteiger partial charge in [-0.3, -0.25) is 19.4 Å². The number of hydrogen-bond donors (Lipinski definition) is 6. The number of carbonyl (C=O) groups is 3. The van der Waals surface area contributed by atoms with E-state index in [1.165, 1.54) is 0 Å². The summed E-state index contributed by atoms with van der Waals surface area (Å²) in [6.45, 7) is 3.32. The molecule has 2 amide bonds. The number of carboxylic acids is 1. The second kappa shape index (κ2) is 10.4. The smallest absolute Gasteiger partial charge is 0.322 e. The Labute approximate surface area is 134 Å². The van der Waals surface area contributed by atoms with Crippen LogP contribution < -0.4 is 27.8 Å². The lowest BCUT2D eigenvalue weighted by molar-refractivity contribution is -0.138. The van der Waals surface area contributed by atoms with Crippen molar-refractivity contribution in [3.05, 3.63) is 0 Å². The van der Waals surface area contributed by atoms with Crippen molar-refractivity contribution in [2.45, 2.75) is 38.8 Å². The van der Waals surface area contributed by atoms with Crippen molar-refractivity contribution >= 4 is 23.7 Å². The molecule has 0 saturated heterocycles. The molecule has 0 radical (unpaired) electrons. The van der Waals surface area contributed by atoms with Gasteiger partial charge in [-0.1, -0.05) is 13.8 Å². The summed E-state index contributed by atoms with van der Waals surface area (Å²) in [5, 5.41) is 13.4. The maximum Gasteiger partial charge on any atom is 0.322 e. The van der Waals surface area contributed by atoms with Gasteiger partial charge in [0.2, 0.25) is 11.8 Å². The molecule has 0 bridgehead atoms. The zero-order valence-electron chi connectivity index (χ0n) is 13.4. The SMILES string of the molecule is CC(C)[C@H](N)C(=O)N[C@@H](CCCN=C(N)N)C(=O)NCC(=O)O. The first kappa shape index (κ1) is 20.6. The van der Waals surface area contributed by atoms with Crippen molar-refractivity contribution in [2.24, 2.45) is 28.1 Å². The molecule has 10 nitrogen and oxygen atoms in total. The topological polar surface area (TPSA) is 186 Å². The molecular formula is C13H26N6O4. The number of nitrogens with one attached hydrogen (secondary N) is 2. The zero-order valence-corrected chi connectivity index (χ0v) is 13.4. The van der Waals surface area contributed by atoms with Gasteiger partial charge in [0.1, 0.15) is 12.6 Å². The maximum absolute atomic E-state index is 12.0. The maximum atomic E-state index is 12.0. The first-order valence-electron chi connectivity index (χ1n) is 7.26. The molecule has 132 valence electrons. The quantitative estimate of drug-likeness (QED) is 0.148. The van der Waals surface area contributed by atoms with Crippen molar-refractivity contribution in [3.8, 4) is 0 Å². The fourth-order valence-electron chi connectivity index (χ4n) is 1.63. The lowest BCUT2D eigenvalue weighted by atomic mass is 10.0. The summed E-state index contributed by atoms with van der Waals surface area (Å²) < 4.78 is 0. The highest BCUT2D eigenvalue weighted by atomic mass is 16.4. The van der Waals surface area contributed by atoms with E-state index in [4.69, 9.17) is 22.3 Å². The van der Waals surface area contributed by atoms with E-state index in [-0.39, 0.29) is 24.8 Å².